The van der Waals surface area contributed by atoms with Gasteiger partial charge in [-0.2, -0.15) is 18.4 Å². The van der Waals surface area contributed by atoms with Gasteiger partial charge in [0.25, 0.3) is 0 Å². The van der Waals surface area contributed by atoms with Gasteiger partial charge in [0.05, 0.1) is 22.3 Å². The van der Waals surface area contributed by atoms with Crippen LogP contribution in [0.1, 0.15) is 17.7 Å². The molecule has 1 heterocycles. The Balaban J connectivity index is 2.61. The minimum atomic E-state index is -4.79. The quantitative estimate of drug-likeness (QED) is 0.271. The summed E-state index contributed by atoms with van der Waals surface area (Å²) in [5.41, 5.74) is -1.06. The molecule has 0 radical (unpaired) electrons. The van der Waals surface area contributed by atoms with Crippen molar-refractivity contribution in [3.63, 3.8) is 0 Å². The van der Waals surface area contributed by atoms with E-state index >= 15 is 0 Å². The maximum Gasteiger partial charge on any atom is 0.432 e. The number of carbonyl (C=O) groups is 1. The first-order valence-corrected chi connectivity index (χ1v) is 9.86. The van der Waals surface area contributed by atoms with E-state index in [1.54, 1.807) is 6.07 Å². The molecule has 0 amide bonds. The standard InChI is InChI=1S/C17H12Br2ClF3N2O2/c18-6-1-7-27-13(26)9-25-15(10-2-4-11(20)5-3-10)12(8-24)14(19)16(25)17(21,22)23/h2-5H,1,6-7,9H2. The highest BCUT2D eigenvalue weighted by Crippen LogP contribution is 2.43. The van der Waals surface area contributed by atoms with Crippen LogP contribution in [0.5, 0.6) is 0 Å². The average molecular weight is 529 g/mol. The number of alkyl halides is 4. The zero-order chi connectivity index (χ0) is 20.2. The third-order valence-corrected chi connectivity index (χ3v) is 5.12. The Morgan fingerprint density at radius 2 is 1.93 bits per heavy atom. The molecular weight excluding hydrogens is 516 g/mol. The topological polar surface area (TPSA) is 55.0 Å². The van der Waals surface area contributed by atoms with Gasteiger partial charge in [-0.1, -0.05) is 39.7 Å². The van der Waals surface area contributed by atoms with Gasteiger partial charge in [-0.15, -0.1) is 0 Å². The molecule has 10 heteroatoms. The largest absolute Gasteiger partial charge is 0.464 e. The minimum absolute atomic E-state index is 0.0363. The first kappa shape index (κ1) is 21.8. The molecule has 0 atom stereocenters. The summed E-state index contributed by atoms with van der Waals surface area (Å²) >= 11 is 11.9. The highest BCUT2D eigenvalue weighted by atomic mass is 79.9. The number of hydrogen-bond donors (Lipinski definition) is 0. The Hall–Kier alpha value is -1.50. The van der Waals surface area contributed by atoms with Crippen molar-refractivity contribution < 1.29 is 22.7 Å². The summed E-state index contributed by atoms with van der Waals surface area (Å²) in [5, 5.41) is 10.4. The Bertz CT molecular complexity index is 874. The number of hydrogen-bond acceptors (Lipinski definition) is 3. The molecule has 4 nitrogen and oxygen atoms in total. The SMILES string of the molecule is N#Cc1c(Br)c(C(F)(F)F)n(CC(=O)OCCCBr)c1-c1ccc(Cl)cc1. The number of nitrogens with zero attached hydrogens (tertiary/aromatic N) is 2. The number of ether oxygens (including phenoxy) is 1. The highest BCUT2D eigenvalue weighted by Gasteiger charge is 2.41. The molecule has 1 aromatic carbocycles. The molecule has 0 fully saturated rings. The molecule has 0 aliphatic heterocycles. The summed E-state index contributed by atoms with van der Waals surface area (Å²) < 4.78 is 46.2. The van der Waals surface area contributed by atoms with Crippen LogP contribution in [0.4, 0.5) is 13.2 Å². The van der Waals surface area contributed by atoms with E-state index in [0.717, 1.165) is 4.57 Å². The second-order valence-corrected chi connectivity index (χ2v) is 7.37. The van der Waals surface area contributed by atoms with Crippen molar-refractivity contribution in [2.24, 2.45) is 0 Å². The van der Waals surface area contributed by atoms with Crippen LogP contribution in [0.15, 0.2) is 28.7 Å². The van der Waals surface area contributed by atoms with Crippen LogP contribution >= 0.6 is 43.5 Å². The zero-order valence-electron chi connectivity index (χ0n) is 13.6. The van der Waals surface area contributed by atoms with Crippen LogP contribution in [0.2, 0.25) is 5.02 Å². The zero-order valence-corrected chi connectivity index (χ0v) is 17.5. The second-order valence-electron chi connectivity index (χ2n) is 5.35. The van der Waals surface area contributed by atoms with Gasteiger partial charge >= 0.3 is 12.1 Å². The van der Waals surface area contributed by atoms with Crippen LogP contribution in [0.3, 0.4) is 0 Å². The number of carbonyl (C=O) groups excluding carboxylic acids is 1. The number of rotatable bonds is 6. The fourth-order valence-corrected chi connectivity index (χ4v) is 3.52. The van der Waals surface area contributed by atoms with E-state index in [9.17, 15) is 23.2 Å². The van der Waals surface area contributed by atoms with E-state index in [0.29, 0.717) is 22.3 Å². The monoisotopic (exact) mass is 526 g/mol. The number of nitriles is 1. The van der Waals surface area contributed by atoms with Gasteiger partial charge in [-0.05, 0) is 40.0 Å². The van der Waals surface area contributed by atoms with E-state index in [2.05, 4.69) is 31.9 Å². The lowest BCUT2D eigenvalue weighted by atomic mass is 10.1. The summed E-state index contributed by atoms with van der Waals surface area (Å²) in [5.74, 6) is -0.830. The van der Waals surface area contributed by atoms with Crippen LogP contribution in [0, 0.1) is 11.3 Å². The van der Waals surface area contributed by atoms with Gasteiger partial charge in [0.2, 0.25) is 0 Å². The first-order valence-electron chi connectivity index (χ1n) is 7.57. The Morgan fingerprint density at radius 3 is 2.44 bits per heavy atom. The van der Waals surface area contributed by atoms with E-state index in [4.69, 9.17) is 16.3 Å². The molecule has 0 spiro atoms. The third-order valence-electron chi connectivity index (χ3n) is 3.53. The summed E-state index contributed by atoms with van der Waals surface area (Å²) in [4.78, 5) is 12.1. The van der Waals surface area contributed by atoms with Crippen molar-refractivity contribution in [1.29, 1.82) is 5.26 Å². The predicted octanol–water partition coefficient (Wildman–Crippen LogP) is 5.79. The van der Waals surface area contributed by atoms with Crippen molar-refractivity contribution in [3.8, 4) is 17.3 Å². The maximum atomic E-state index is 13.6. The molecule has 0 saturated heterocycles. The highest BCUT2D eigenvalue weighted by molar-refractivity contribution is 9.10. The Kier molecular flexibility index (Phi) is 7.37. The van der Waals surface area contributed by atoms with Crippen molar-refractivity contribution >= 4 is 49.4 Å². The molecule has 2 rings (SSSR count). The number of halogens is 6. The van der Waals surface area contributed by atoms with Gasteiger partial charge in [-0.3, -0.25) is 4.79 Å². The number of benzene rings is 1. The summed E-state index contributed by atoms with van der Waals surface area (Å²) in [6.07, 6.45) is -4.26. The first-order chi connectivity index (χ1) is 12.7. The van der Waals surface area contributed by atoms with Crippen LogP contribution in [-0.2, 0) is 22.3 Å². The van der Waals surface area contributed by atoms with Crippen LogP contribution in [0.25, 0.3) is 11.3 Å². The fourth-order valence-electron chi connectivity index (χ4n) is 2.45. The molecule has 0 aliphatic rings. The minimum Gasteiger partial charge on any atom is -0.464 e. The molecular formula is C17H12Br2ClF3N2O2. The van der Waals surface area contributed by atoms with E-state index in [1.807, 2.05) is 0 Å². The van der Waals surface area contributed by atoms with Crippen molar-refractivity contribution in [1.82, 2.24) is 4.57 Å². The summed E-state index contributed by atoms with van der Waals surface area (Å²) in [6, 6.07) is 7.73. The Labute approximate surface area is 175 Å². The average Bonchev–Trinajstić information content (AvgIpc) is 2.87. The fraction of sp³-hybridized carbons (Fsp3) is 0.294. The van der Waals surface area contributed by atoms with Gasteiger partial charge < -0.3 is 9.30 Å². The molecule has 0 aliphatic carbocycles. The van der Waals surface area contributed by atoms with Gasteiger partial charge in [0, 0.05) is 10.4 Å². The Morgan fingerprint density at radius 1 is 1.30 bits per heavy atom. The lowest BCUT2D eigenvalue weighted by molar-refractivity contribution is -0.149. The normalized spacial score (nSPS) is 11.3. The number of aromatic nitrogens is 1. The van der Waals surface area contributed by atoms with E-state index in [1.165, 1.54) is 24.3 Å². The molecule has 144 valence electrons. The predicted molar refractivity (Wildman–Crippen MR) is 102 cm³/mol. The lowest BCUT2D eigenvalue weighted by Crippen LogP contribution is -2.21. The van der Waals surface area contributed by atoms with Crippen molar-refractivity contribution in [2.45, 2.75) is 19.1 Å². The lowest BCUT2D eigenvalue weighted by Gasteiger charge is -2.15. The van der Waals surface area contributed by atoms with Crippen molar-refractivity contribution in [2.75, 3.05) is 11.9 Å². The maximum absolute atomic E-state index is 13.6. The molecule has 2 aromatic rings. The number of esters is 1. The summed E-state index contributed by atoms with van der Waals surface area (Å²) in [7, 11) is 0. The van der Waals surface area contributed by atoms with Crippen molar-refractivity contribution in [3.05, 3.63) is 45.0 Å². The molecule has 0 unspecified atom stereocenters. The van der Waals surface area contributed by atoms with E-state index in [-0.39, 0.29) is 17.9 Å². The molecule has 1 aromatic heterocycles. The molecule has 0 bridgehead atoms. The van der Waals surface area contributed by atoms with Crippen LogP contribution in [-0.4, -0.2) is 22.5 Å². The van der Waals surface area contributed by atoms with Crippen LogP contribution < -0.4 is 0 Å². The molecule has 0 saturated carbocycles. The van der Waals surface area contributed by atoms with Gasteiger partial charge in [0.1, 0.15) is 18.3 Å². The van der Waals surface area contributed by atoms with Gasteiger partial charge in [-0.25, -0.2) is 0 Å². The van der Waals surface area contributed by atoms with E-state index < -0.39 is 28.9 Å². The third kappa shape index (κ3) is 5.06. The summed E-state index contributed by atoms with van der Waals surface area (Å²) in [6.45, 7) is -0.607. The molecule has 0 N–H and O–H groups in total. The van der Waals surface area contributed by atoms with Gasteiger partial charge in [0.15, 0.2) is 0 Å². The molecule has 27 heavy (non-hydrogen) atoms. The smallest absolute Gasteiger partial charge is 0.432 e. The second kappa shape index (κ2) is 9.13.